The Balaban J connectivity index is 1.90. The molecule has 1 atom stereocenters. The molecular weight excluding hydrogens is 354 g/mol. The van der Waals surface area contributed by atoms with E-state index in [1.165, 1.54) is 10.5 Å². The van der Waals surface area contributed by atoms with Gasteiger partial charge in [-0.15, -0.1) is 0 Å². The van der Waals surface area contributed by atoms with Crippen LogP contribution in [0.1, 0.15) is 18.4 Å². The fourth-order valence-corrected chi connectivity index (χ4v) is 5.21. The van der Waals surface area contributed by atoms with Gasteiger partial charge in [-0.05, 0) is 30.6 Å². The van der Waals surface area contributed by atoms with Crippen LogP contribution in [0, 0.1) is 0 Å². The lowest BCUT2D eigenvalue weighted by molar-refractivity contribution is -0.858. The summed E-state index contributed by atoms with van der Waals surface area (Å²) in [5, 5.41) is 4.02. The Morgan fingerprint density at radius 2 is 2.04 bits per heavy atom. The molecule has 2 rings (SSSR count). The molecule has 0 saturated carbocycles. The van der Waals surface area contributed by atoms with Gasteiger partial charge in [0.2, 0.25) is 0 Å². The first kappa shape index (κ1) is 20.1. The first-order valence-corrected chi connectivity index (χ1v) is 11.2. The van der Waals surface area contributed by atoms with Gasteiger partial charge in [0.05, 0.1) is 32.1 Å². The Morgan fingerprint density at radius 3 is 2.64 bits per heavy atom. The molecule has 1 aliphatic heterocycles. The van der Waals surface area contributed by atoms with Gasteiger partial charge >= 0.3 is 0 Å². The van der Waals surface area contributed by atoms with Gasteiger partial charge in [0.25, 0.3) is 0 Å². The number of nitrogens with zero attached hydrogens (tertiary/aromatic N) is 1. The zero-order valence-electron chi connectivity index (χ0n) is 15.2. The molecule has 2 N–H and O–H groups in total. The summed E-state index contributed by atoms with van der Waals surface area (Å²) in [5.41, 5.74) is 1.27. The van der Waals surface area contributed by atoms with Gasteiger partial charge in [-0.3, -0.25) is 0 Å². The third-order valence-corrected chi connectivity index (χ3v) is 6.65. The molecule has 1 aliphatic rings. The number of hydrogen-bond donors (Lipinski definition) is 2. The second kappa shape index (κ2) is 9.50. The predicted octanol–water partition coefficient (Wildman–Crippen LogP) is 0.127. The number of quaternary nitrogens is 1. The third-order valence-electron chi connectivity index (χ3n) is 4.52. The molecule has 5 nitrogen and oxygen atoms in total. The molecular formula is C18H30N3O2S2+. The van der Waals surface area contributed by atoms with Crippen LogP contribution in [-0.4, -0.2) is 69.7 Å². The van der Waals surface area contributed by atoms with E-state index in [4.69, 9.17) is 12.2 Å². The van der Waals surface area contributed by atoms with Gasteiger partial charge in [-0.1, -0.05) is 30.3 Å². The smallest absolute Gasteiger partial charge is 0.169 e. The molecule has 0 bridgehead atoms. The van der Waals surface area contributed by atoms with Crippen molar-refractivity contribution in [2.24, 2.45) is 0 Å². The zero-order valence-corrected chi connectivity index (χ0v) is 16.8. The van der Waals surface area contributed by atoms with Crippen LogP contribution in [-0.2, 0) is 16.3 Å². The Labute approximate surface area is 157 Å². The largest absolute Gasteiger partial charge is 0.362 e. The summed E-state index contributed by atoms with van der Waals surface area (Å²) in [6.45, 7) is 2.61. The second-order valence-corrected chi connectivity index (χ2v) is 9.64. The molecule has 25 heavy (non-hydrogen) atoms. The maximum absolute atomic E-state index is 11.9. The maximum Gasteiger partial charge on any atom is 0.169 e. The maximum atomic E-state index is 11.9. The van der Waals surface area contributed by atoms with Crippen molar-refractivity contribution < 1.29 is 13.3 Å². The zero-order chi connectivity index (χ0) is 18.3. The number of nitrogens with one attached hydrogen (secondary N) is 2. The number of sulfone groups is 1. The Bertz CT molecular complexity index is 648. The average Bonchev–Trinajstić information content (AvgIpc) is 2.92. The van der Waals surface area contributed by atoms with Crippen molar-refractivity contribution in [3.63, 3.8) is 0 Å². The minimum atomic E-state index is -2.91. The molecule has 1 aromatic carbocycles. The average molecular weight is 385 g/mol. The van der Waals surface area contributed by atoms with Crippen LogP contribution in [0.4, 0.5) is 0 Å². The van der Waals surface area contributed by atoms with Gasteiger partial charge < -0.3 is 15.1 Å². The summed E-state index contributed by atoms with van der Waals surface area (Å²) in [7, 11) is 1.34. The van der Waals surface area contributed by atoms with E-state index in [0.717, 1.165) is 32.5 Å². The van der Waals surface area contributed by atoms with Gasteiger partial charge in [0, 0.05) is 25.6 Å². The van der Waals surface area contributed by atoms with Crippen molar-refractivity contribution in [3.8, 4) is 0 Å². The highest BCUT2D eigenvalue weighted by molar-refractivity contribution is 7.91. The fourth-order valence-electron chi connectivity index (χ4n) is 3.13. The van der Waals surface area contributed by atoms with E-state index in [-0.39, 0.29) is 17.5 Å². The van der Waals surface area contributed by atoms with E-state index in [0.29, 0.717) is 11.5 Å². The van der Waals surface area contributed by atoms with Crippen LogP contribution < -0.4 is 10.2 Å². The van der Waals surface area contributed by atoms with Crippen LogP contribution >= 0.6 is 12.2 Å². The topological polar surface area (TPSA) is 53.9 Å². The number of hydrogen-bond acceptors (Lipinski definition) is 3. The van der Waals surface area contributed by atoms with Crippen molar-refractivity contribution in [2.45, 2.75) is 25.3 Å². The molecule has 140 valence electrons. The molecule has 0 amide bonds. The summed E-state index contributed by atoms with van der Waals surface area (Å²) in [6.07, 6.45) is 2.58. The Kier molecular flexibility index (Phi) is 7.65. The van der Waals surface area contributed by atoms with Crippen LogP contribution in [0.2, 0.25) is 0 Å². The Hall–Kier alpha value is -1.18. The first-order chi connectivity index (χ1) is 11.9. The predicted molar refractivity (Wildman–Crippen MR) is 107 cm³/mol. The van der Waals surface area contributed by atoms with Crippen molar-refractivity contribution in [1.82, 2.24) is 10.2 Å². The number of rotatable bonds is 8. The van der Waals surface area contributed by atoms with Gasteiger partial charge in [0.15, 0.2) is 14.9 Å². The highest BCUT2D eigenvalue weighted by Crippen LogP contribution is 2.18. The van der Waals surface area contributed by atoms with Crippen LogP contribution in [0.3, 0.4) is 0 Å². The molecule has 7 heteroatoms. The minimum absolute atomic E-state index is 0.0129. The number of thiocarbonyl (C=S) groups is 1. The normalized spacial score (nSPS) is 19.1. The van der Waals surface area contributed by atoms with Crippen molar-refractivity contribution in [2.75, 3.05) is 45.2 Å². The summed E-state index contributed by atoms with van der Waals surface area (Å²) < 4.78 is 23.7. The molecule has 0 spiro atoms. The summed E-state index contributed by atoms with van der Waals surface area (Å²) in [5.74, 6) is 0.502. The molecule has 0 unspecified atom stereocenters. The molecule has 1 saturated heterocycles. The van der Waals surface area contributed by atoms with Gasteiger partial charge in [-0.2, -0.15) is 0 Å². The van der Waals surface area contributed by atoms with Crippen LogP contribution in [0.5, 0.6) is 0 Å². The standard InChI is InChI=1S/C18H29N3O2S2/c1-20(2)12-6-13-21(17-10-14-25(22,23)15-17)18(24)19-11-9-16-7-4-3-5-8-16/h3-5,7-8,17H,6,9-15H2,1-2H3,(H,19,24)/p+1/t17-/m1/s1. The van der Waals surface area contributed by atoms with E-state index in [2.05, 4.69) is 36.4 Å². The van der Waals surface area contributed by atoms with Crippen molar-refractivity contribution in [3.05, 3.63) is 35.9 Å². The minimum Gasteiger partial charge on any atom is -0.362 e. The highest BCUT2D eigenvalue weighted by atomic mass is 32.2. The lowest BCUT2D eigenvalue weighted by atomic mass is 10.1. The van der Waals surface area contributed by atoms with E-state index >= 15 is 0 Å². The van der Waals surface area contributed by atoms with Crippen molar-refractivity contribution >= 4 is 27.2 Å². The number of benzene rings is 1. The highest BCUT2D eigenvalue weighted by Gasteiger charge is 2.33. The van der Waals surface area contributed by atoms with E-state index in [9.17, 15) is 8.42 Å². The monoisotopic (exact) mass is 384 g/mol. The Morgan fingerprint density at radius 1 is 1.32 bits per heavy atom. The van der Waals surface area contributed by atoms with Gasteiger partial charge in [-0.25, -0.2) is 8.42 Å². The van der Waals surface area contributed by atoms with E-state index in [1.54, 1.807) is 0 Å². The lowest BCUT2D eigenvalue weighted by Crippen LogP contribution is -3.05. The lowest BCUT2D eigenvalue weighted by Gasteiger charge is -2.31. The SMILES string of the molecule is C[NH+](C)CCCN(C(=S)NCCc1ccccc1)[C@@H]1CCS(=O)(=O)C1. The van der Waals surface area contributed by atoms with Crippen LogP contribution in [0.25, 0.3) is 0 Å². The molecule has 0 radical (unpaired) electrons. The second-order valence-electron chi connectivity index (χ2n) is 7.03. The molecule has 1 heterocycles. The van der Waals surface area contributed by atoms with E-state index < -0.39 is 9.84 Å². The third kappa shape index (κ3) is 6.92. The molecule has 0 aromatic heterocycles. The summed E-state index contributed by atoms with van der Waals surface area (Å²) in [6, 6.07) is 10.3. The fraction of sp³-hybridized carbons (Fsp3) is 0.611. The molecule has 1 fully saturated rings. The quantitative estimate of drug-likeness (QED) is 0.624. The summed E-state index contributed by atoms with van der Waals surface area (Å²) >= 11 is 5.59. The molecule has 0 aliphatic carbocycles. The summed E-state index contributed by atoms with van der Waals surface area (Å²) in [4.78, 5) is 3.50. The van der Waals surface area contributed by atoms with Crippen LogP contribution in [0.15, 0.2) is 30.3 Å². The van der Waals surface area contributed by atoms with Crippen molar-refractivity contribution in [1.29, 1.82) is 0 Å². The molecule has 1 aromatic rings. The van der Waals surface area contributed by atoms with Gasteiger partial charge in [0.1, 0.15) is 0 Å². The first-order valence-electron chi connectivity index (χ1n) is 8.95. The van der Waals surface area contributed by atoms with E-state index in [1.807, 2.05) is 18.2 Å².